The van der Waals surface area contributed by atoms with Gasteiger partial charge in [0.05, 0.1) is 11.2 Å². The third kappa shape index (κ3) is 2.45. The molecule has 1 amide bonds. The Bertz CT molecular complexity index is 319. The second kappa shape index (κ2) is 3.86. The fourth-order valence-electron chi connectivity index (χ4n) is 1.24. The maximum absolute atomic E-state index is 11.5. The van der Waals surface area contributed by atoms with Crippen LogP contribution < -0.4 is 10.5 Å². The lowest BCUT2D eigenvalue weighted by atomic mass is 10.1. The van der Waals surface area contributed by atoms with E-state index in [1.165, 1.54) is 0 Å². The number of hydrogen-bond acceptors (Lipinski definition) is 4. The molecule has 82 valence electrons. The number of amides is 1. The largest absolute Gasteiger partial charge is 0.329 e. The predicted molar refractivity (Wildman–Crippen MR) is 52.9 cm³/mol. The van der Waals surface area contributed by atoms with Crippen LogP contribution in [0.3, 0.4) is 0 Å². The first-order valence-electron chi connectivity index (χ1n) is 4.71. The lowest BCUT2D eigenvalue weighted by molar-refractivity contribution is -0.124. The second-order valence-corrected chi connectivity index (χ2v) is 5.58. The zero-order valence-electron chi connectivity index (χ0n) is 8.25. The number of nitrogens with one attached hydrogen (secondary N) is 1. The summed E-state index contributed by atoms with van der Waals surface area (Å²) in [4.78, 5) is 11.5. The van der Waals surface area contributed by atoms with Crippen molar-refractivity contribution >= 4 is 15.9 Å². The van der Waals surface area contributed by atoms with Gasteiger partial charge in [-0.1, -0.05) is 6.92 Å². The number of rotatable bonds is 5. The molecule has 6 heteroatoms. The van der Waals surface area contributed by atoms with Crippen LogP contribution in [0, 0.1) is 5.41 Å². The van der Waals surface area contributed by atoms with Gasteiger partial charge < -0.3 is 5.73 Å². The van der Waals surface area contributed by atoms with Crippen LogP contribution in [0.15, 0.2) is 0 Å². The Hall–Kier alpha value is -0.620. The van der Waals surface area contributed by atoms with Crippen molar-refractivity contribution in [2.24, 2.45) is 11.1 Å². The highest BCUT2D eigenvalue weighted by Crippen LogP contribution is 2.44. The van der Waals surface area contributed by atoms with Crippen molar-refractivity contribution in [1.29, 1.82) is 0 Å². The molecule has 1 aliphatic carbocycles. The number of sulfonamides is 1. The Morgan fingerprint density at radius 2 is 2.07 bits per heavy atom. The Balaban J connectivity index is 2.57. The van der Waals surface area contributed by atoms with Crippen LogP contribution in [0.2, 0.25) is 0 Å². The van der Waals surface area contributed by atoms with Crippen molar-refractivity contribution in [3.8, 4) is 0 Å². The second-order valence-electron chi connectivity index (χ2n) is 3.73. The van der Waals surface area contributed by atoms with Gasteiger partial charge in [0.15, 0.2) is 0 Å². The summed E-state index contributed by atoms with van der Waals surface area (Å²) in [5, 5.41) is 0. The van der Waals surface area contributed by atoms with Gasteiger partial charge in [0.25, 0.3) is 0 Å². The van der Waals surface area contributed by atoms with Crippen LogP contribution in [0.25, 0.3) is 0 Å². The first-order valence-corrected chi connectivity index (χ1v) is 6.36. The van der Waals surface area contributed by atoms with E-state index in [0.29, 0.717) is 19.3 Å². The molecule has 0 saturated heterocycles. The highest BCUT2D eigenvalue weighted by molar-refractivity contribution is 7.90. The third-order valence-corrected chi connectivity index (χ3v) is 3.89. The molecule has 0 spiro atoms. The van der Waals surface area contributed by atoms with Crippen molar-refractivity contribution in [3.63, 3.8) is 0 Å². The van der Waals surface area contributed by atoms with E-state index in [1.54, 1.807) is 6.92 Å². The first kappa shape index (κ1) is 11.5. The fraction of sp³-hybridized carbons (Fsp3) is 0.875. The third-order valence-electron chi connectivity index (χ3n) is 2.45. The summed E-state index contributed by atoms with van der Waals surface area (Å²) < 4.78 is 24.6. The van der Waals surface area contributed by atoms with Gasteiger partial charge in [0.1, 0.15) is 0 Å². The molecule has 1 rings (SSSR count). The summed E-state index contributed by atoms with van der Waals surface area (Å²) in [5.41, 5.74) is 4.81. The molecule has 5 nitrogen and oxygen atoms in total. The molecule has 0 aromatic heterocycles. The van der Waals surface area contributed by atoms with E-state index in [0.717, 1.165) is 0 Å². The molecular weight excluding hydrogens is 204 g/mol. The van der Waals surface area contributed by atoms with Gasteiger partial charge in [-0.15, -0.1) is 0 Å². The summed E-state index contributed by atoms with van der Waals surface area (Å²) in [7, 11) is -3.44. The maximum atomic E-state index is 11.5. The molecule has 0 atom stereocenters. The van der Waals surface area contributed by atoms with Crippen LogP contribution in [-0.4, -0.2) is 26.6 Å². The Labute approximate surface area is 84.1 Å². The van der Waals surface area contributed by atoms with Crippen LogP contribution in [-0.2, 0) is 14.8 Å². The van der Waals surface area contributed by atoms with Gasteiger partial charge in [0.2, 0.25) is 15.9 Å². The molecule has 3 N–H and O–H groups in total. The van der Waals surface area contributed by atoms with Crippen LogP contribution in [0.1, 0.15) is 26.2 Å². The molecular formula is C8H16N2O3S. The van der Waals surface area contributed by atoms with E-state index >= 15 is 0 Å². The molecule has 1 saturated carbocycles. The van der Waals surface area contributed by atoms with Gasteiger partial charge in [-0.25, -0.2) is 8.42 Å². The average Bonchev–Trinajstić information content (AvgIpc) is 2.82. The molecule has 0 aromatic rings. The Morgan fingerprint density at radius 1 is 1.50 bits per heavy atom. The van der Waals surface area contributed by atoms with Crippen molar-refractivity contribution in [3.05, 3.63) is 0 Å². The lowest BCUT2D eigenvalue weighted by Crippen LogP contribution is -2.40. The van der Waals surface area contributed by atoms with Crippen LogP contribution in [0.5, 0.6) is 0 Å². The molecule has 0 aromatic carbocycles. The molecule has 0 unspecified atom stereocenters. The Kier molecular flexibility index (Phi) is 3.16. The summed E-state index contributed by atoms with van der Waals surface area (Å²) in [6, 6.07) is 0. The monoisotopic (exact) mass is 220 g/mol. The van der Waals surface area contributed by atoms with Gasteiger partial charge in [0, 0.05) is 6.54 Å². The van der Waals surface area contributed by atoms with Gasteiger partial charge in [-0.3, -0.25) is 9.52 Å². The molecule has 0 aliphatic heterocycles. The maximum Gasteiger partial charge on any atom is 0.240 e. The van der Waals surface area contributed by atoms with E-state index < -0.39 is 21.3 Å². The topological polar surface area (TPSA) is 89.3 Å². The highest BCUT2D eigenvalue weighted by atomic mass is 32.2. The lowest BCUT2D eigenvalue weighted by Gasteiger charge is -2.12. The molecule has 1 aliphatic rings. The minimum atomic E-state index is -3.44. The smallest absolute Gasteiger partial charge is 0.240 e. The molecule has 0 heterocycles. The number of hydrogen-bond donors (Lipinski definition) is 2. The minimum Gasteiger partial charge on any atom is -0.329 e. The van der Waals surface area contributed by atoms with Crippen molar-refractivity contribution in [1.82, 2.24) is 4.72 Å². The molecule has 0 bridgehead atoms. The van der Waals surface area contributed by atoms with E-state index in [1.807, 2.05) is 0 Å². The SMILES string of the molecule is CCCS(=O)(=O)NC(=O)C1(CN)CC1. The first-order chi connectivity index (χ1) is 6.46. The summed E-state index contributed by atoms with van der Waals surface area (Å²) in [6.07, 6.45) is 1.88. The van der Waals surface area contributed by atoms with Crippen LogP contribution >= 0.6 is 0 Å². The van der Waals surface area contributed by atoms with Gasteiger partial charge in [-0.2, -0.15) is 0 Å². The standard InChI is InChI=1S/C8H16N2O3S/c1-2-5-14(12,13)10-7(11)8(6-9)3-4-8/h2-6,9H2,1H3,(H,10,11). The van der Waals surface area contributed by atoms with Crippen molar-refractivity contribution in [2.45, 2.75) is 26.2 Å². The highest BCUT2D eigenvalue weighted by Gasteiger charge is 2.49. The Morgan fingerprint density at radius 3 is 2.43 bits per heavy atom. The summed E-state index contributed by atoms with van der Waals surface area (Å²) in [5.74, 6) is -0.451. The van der Waals surface area contributed by atoms with Crippen molar-refractivity contribution in [2.75, 3.05) is 12.3 Å². The average molecular weight is 220 g/mol. The van der Waals surface area contributed by atoms with E-state index in [4.69, 9.17) is 5.73 Å². The molecule has 0 radical (unpaired) electrons. The van der Waals surface area contributed by atoms with Gasteiger partial charge >= 0.3 is 0 Å². The zero-order chi connectivity index (χ0) is 10.8. The normalized spacial score (nSPS) is 19.0. The quantitative estimate of drug-likeness (QED) is 0.658. The van der Waals surface area contributed by atoms with Crippen molar-refractivity contribution < 1.29 is 13.2 Å². The van der Waals surface area contributed by atoms with Gasteiger partial charge in [-0.05, 0) is 19.3 Å². The van der Waals surface area contributed by atoms with E-state index in [-0.39, 0.29) is 12.3 Å². The van der Waals surface area contributed by atoms with E-state index in [2.05, 4.69) is 4.72 Å². The summed E-state index contributed by atoms with van der Waals surface area (Å²) in [6.45, 7) is 1.97. The zero-order valence-corrected chi connectivity index (χ0v) is 9.06. The number of nitrogens with two attached hydrogens (primary N) is 1. The number of carbonyl (C=O) groups excluding carboxylic acids is 1. The predicted octanol–water partition coefficient (Wildman–Crippen LogP) is -0.419. The minimum absolute atomic E-state index is 0.0145. The van der Waals surface area contributed by atoms with E-state index in [9.17, 15) is 13.2 Å². The molecule has 14 heavy (non-hydrogen) atoms. The summed E-state index contributed by atoms with van der Waals surface area (Å²) >= 11 is 0. The van der Waals surface area contributed by atoms with Crippen LogP contribution in [0.4, 0.5) is 0 Å². The number of carbonyl (C=O) groups is 1. The fourth-order valence-corrected chi connectivity index (χ4v) is 2.38. The molecule has 1 fully saturated rings.